The maximum Gasteiger partial charge on any atom is 0.351 e. The highest BCUT2D eigenvalue weighted by molar-refractivity contribution is 7.18. The van der Waals surface area contributed by atoms with Gasteiger partial charge in [0.1, 0.15) is 6.10 Å². The largest absolute Gasteiger partial charge is 0.465 e. The van der Waals surface area contributed by atoms with Gasteiger partial charge in [-0.1, -0.05) is 29.0 Å². The summed E-state index contributed by atoms with van der Waals surface area (Å²) in [7, 11) is 1.26. The second kappa shape index (κ2) is 7.00. The van der Waals surface area contributed by atoms with Gasteiger partial charge >= 0.3 is 5.97 Å². The highest BCUT2D eigenvalue weighted by Gasteiger charge is 2.31. The van der Waals surface area contributed by atoms with E-state index in [1.54, 1.807) is 0 Å². The van der Waals surface area contributed by atoms with E-state index in [0.717, 1.165) is 23.5 Å². The van der Waals surface area contributed by atoms with Crippen LogP contribution in [0.1, 0.15) is 27.8 Å². The summed E-state index contributed by atoms with van der Waals surface area (Å²) in [6.45, 7) is 0.463. The van der Waals surface area contributed by atoms with Crippen LogP contribution in [0, 0.1) is 11.6 Å². The molecule has 1 aromatic heterocycles. The van der Waals surface area contributed by atoms with Crippen LogP contribution in [-0.2, 0) is 9.47 Å². The van der Waals surface area contributed by atoms with Crippen LogP contribution in [0.3, 0.4) is 0 Å². The molecule has 0 aliphatic carbocycles. The number of methoxy groups -OCH3 is 1. The SMILES string of the molecule is COC(=O)c1sc(NC2CCOC2c2ccc(F)c(F)c2)nc1Cl. The van der Waals surface area contributed by atoms with Crippen molar-refractivity contribution in [2.24, 2.45) is 0 Å². The number of carbonyl (C=O) groups is 1. The zero-order valence-corrected chi connectivity index (χ0v) is 14.1. The number of halogens is 3. The highest BCUT2D eigenvalue weighted by Crippen LogP contribution is 2.35. The summed E-state index contributed by atoms with van der Waals surface area (Å²) in [5.74, 6) is -2.40. The fraction of sp³-hybridized carbons (Fsp3) is 0.333. The molecule has 0 amide bonds. The van der Waals surface area contributed by atoms with E-state index < -0.39 is 23.7 Å². The smallest absolute Gasteiger partial charge is 0.351 e. The third-order valence-corrected chi connectivity index (χ3v) is 4.98. The summed E-state index contributed by atoms with van der Waals surface area (Å²) in [6.07, 6.45) is 0.193. The van der Waals surface area contributed by atoms with Gasteiger partial charge in [-0.15, -0.1) is 0 Å². The van der Waals surface area contributed by atoms with Crippen molar-refractivity contribution in [2.45, 2.75) is 18.6 Å². The summed E-state index contributed by atoms with van der Waals surface area (Å²) in [5, 5.41) is 3.62. The quantitative estimate of drug-likeness (QED) is 0.825. The number of hydrogen-bond acceptors (Lipinski definition) is 6. The minimum absolute atomic E-state index is 0.0534. The standard InChI is InChI=1S/C15H13ClF2N2O3S/c1-22-14(21)12-13(16)20-15(24-12)19-10-4-5-23-11(10)7-2-3-8(17)9(18)6-7/h2-3,6,10-11H,4-5H2,1H3,(H,19,20). The Morgan fingerprint density at radius 2 is 2.25 bits per heavy atom. The van der Waals surface area contributed by atoms with Crippen LogP contribution in [0.2, 0.25) is 5.15 Å². The van der Waals surface area contributed by atoms with E-state index in [-0.39, 0.29) is 16.1 Å². The number of nitrogens with zero attached hydrogens (tertiary/aromatic N) is 1. The monoisotopic (exact) mass is 374 g/mol. The molecule has 0 bridgehead atoms. The van der Waals surface area contributed by atoms with Crippen molar-refractivity contribution in [2.75, 3.05) is 19.0 Å². The molecule has 128 valence electrons. The topological polar surface area (TPSA) is 60.5 Å². The van der Waals surface area contributed by atoms with Gasteiger partial charge in [0.05, 0.1) is 13.2 Å². The lowest BCUT2D eigenvalue weighted by atomic mass is 10.0. The van der Waals surface area contributed by atoms with E-state index in [9.17, 15) is 13.6 Å². The zero-order chi connectivity index (χ0) is 17.3. The van der Waals surface area contributed by atoms with E-state index in [2.05, 4.69) is 15.0 Å². The Kier molecular flexibility index (Phi) is 4.98. The molecule has 1 aliphatic heterocycles. The van der Waals surface area contributed by atoms with Crippen molar-refractivity contribution >= 4 is 34.0 Å². The number of esters is 1. The Morgan fingerprint density at radius 3 is 2.96 bits per heavy atom. The average molecular weight is 375 g/mol. The molecule has 1 N–H and O–H groups in total. The molecule has 1 aliphatic rings. The number of thiazole rings is 1. The van der Waals surface area contributed by atoms with Gasteiger partial charge in [-0.3, -0.25) is 0 Å². The van der Waals surface area contributed by atoms with E-state index >= 15 is 0 Å². The minimum atomic E-state index is -0.924. The molecule has 0 radical (unpaired) electrons. The molecule has 2 unspecified atom stereocenters. The first-order valence-corrected chi connectivity index (χ1v) is 8.26. The first kappa shape index (κ1) is 17.1. The van der Waals surface area contributed by atoms with Crippen molar-refractivity contribution in [1.29, 1.82) is 0 Å². The van der Waals surface area contributed by atoms with Crippen LogP contribution < -0.4 is 5.32 Å². The van der Waals surface area contributed by atoms with Crippen molar-refractivity contribution in [1.82, 2.24) is 4.98 Å². The lowest BCUT2D eigenvalue weighted by molar-refractivity contribution is 0.0606. The van der Waals surface area contributed by atoms with Crippen LogP contribution in [0.5, 0.6) is 0 Å². The molecule has 1 aromatic carbocycles. The number of aromatic nitrogens is 1. The predicted octanol–water partition coefficient (Wildman–Crippen LogP) is 3.80. The average Bonchev–Trinajstić information content (AvgIpc) is 3.16. The Hall–Kier alpha value is -1.77. The van der Waals surface area contributed by atoms with Crippen molar-refractivity contribution in [3.63, 3.8) is 0 Å². The summed E-state index contributed by atoms with van der Waals surface area (Å²) in [4.78, 5) is 15.9. The van der Waals surface area contributed by atoms with Gasteiger partial charge in [0.15, 0.2) is 26.8 Å². The lowest BCUT2D eigenvalue weighted by Crippen LogP contribution is -2.23. The predicted molar refractivity (Wildman–Crippen MR) is 85.5 cm³/mol. The van der Waals surface area contributed by atoms with E-state index in [1.165, 1.54) is 13.2 Å². The third kappa shape index (κ3) is 3.35. The number of nitrogens with one attached hydrogen (secondary N) is 1. The normalized spacial score (nSPS) is 20.2. The third-order valence-electron chi connectivity index (χ3n) is 3.63. The second-order valence-corrected chi connectivity index (χ2v) is 6.49. The first-order valence-electron chi connectivity index (χ1n) is 7.07. The molecule has 5 nitrogen and oxygen atoms in total. The van der Waals surface area contributed by atoms with Gasteiger partial charge < -0.3 is 14.8 Å². The molecule has 2 heterocycles. The molecule has 0 spiro atoms. The number of hydrogen-bond donors (Lipinski definition) is 1. The van der Waals surface area contributed by atoms with Gasteiger partial charge in [0.2, 0.25) is 0 Å². The maximum atomic E-state index is 13.4. The van der Waals surface area contributed by atoms with Gasteiger partial charge in [-0.25, -0.2) is 18.6 Å². The fourth-order valence-corrected chi connectivity index (χ4v) is 3.66. The van der Waals surface area contributed by atoms with Crippen LogP contribution in [-0.4, -0.2) is 30.7 Å². The van der Waals surface area contributed by atoms with E-state index in [1.807, 2.05) is 0 Å². The Labute approximate surface area is 145 Å². The number of benzene rings is 1. The molecule has 3 rings (SSSR count). The summed E-state index contributed by atoms with van der Waals surface area (Å²) in [6, 6.07) is 3.47. The van der Waals surface area contributed by atoms with Crippen LogP contribution in [0.15, 0.2) is 18.2 Å². The van der Waals surface area contributed by atoms with Crippen molar-refractivity contribution in [3.8, 4) is 0 Å². The molecule has 9 heteroatoms. The van der Waals surface area contributed by atoms with Crippen LogP contribution >= 0.6 is 22.9 Å². The van der Waals surface area contributed by atoms with E-state index in [4.69, 9.17) is 16.3 Å². The molecule has 1 saturated heterocycles. The molecule has 0 saturated carbocycles. The summed E-state index contributed by atoms with van der Waals surface area (Å²) < 4.78 is 36.8. The molecule has 2 atom stereocenters. The number of anilines is 1. The maximum absolute atomic E-state index is 13.4. The second-order valence-electron chi connectivity index (χ2n) is 5.13. The number of rotatable bonds is 4. The Morgan fingerprint density at radius 1 is 1.46 bits per heavy atom. The Bertz CT molecular complexity index is 771. The van der Waals surface area contributed by atoms with Gasteiger partial charge in [0, 0.05) is 6.61 Å². The zero-order valence-electron chi connectivity index (χ0n) is 12.5. The number of carbonyl (C=O) groups excluding carboxylic acids is 1. The van der Waals surface area contributed by atoms with Crippen LogP contribution in [0.25, 0.3) is 0 Å². The molecular formula is C15H13ClF2N2O3S. The fourth-order valence-electron chi connectivity index (χ4n) is 2.50. The first-order chi connectivity index (χ1) is 11.5. The summed E-state index contributed by atoms with van der Waals surface area (Å²) in [5.41, 5.74) is 0.528. The van der Waals surface area contributed by atoms with Gasteiger partial charge in [0.25, 0.3) is 0 Å². The molecular weight excluding hydrogens is 362 g/mol. The molecule has 1 fully saturated rings. The lowest BCUT2D eigenvalue weighted by Gasteiger charge is -2.19. The van der Waals surface area contributed by atoms with E-state index in [0.29, 0.717) is 23.7 Å². The van der Waals surface area contributed by atoms with Crippen molar-refractivity contribution in [3.05, 3.63) is 45.4 Å². The van der Waals surface area contributed by atoms with Gasteiger partial charge in [-0.2, -0.15) is 0 Å². The highest BCUT2D eigenvalue weighted by atomic mass is 35.5. The van der Waals surface area contributed by atoms with Crippen molar-refractivity contribution < 1.29 is 23.0 Å². The molecule has 24 heavy (non-hydrogen) atoms. The summed E-state index contributed by atoms with van der Waals surface area (Å²) >= 11 is 7.00. The number of ether oxygens (including phenoxy) is 2. The van der Waals surface area contributed by atoms with Crippen LogP contribution in [0.4, 0.5) is 13.9 Å². The minimum Gasteiger partial charge on any atom is -0.465 e. The molecule has 2 aromatic rings. The van der Waals surface area contributed by atoms with Gasteiger partial charge in [-0.05, 0) is 24.1 Å². The Balaban J connectivity index is 1.79.